The smallest absolute Gasteiger partial charge is 0.410 e. The van der Waals surface area contributed by atoms with Gasteiger partial charge in [-0.05, 0) is 44.5 Å². The molecule has 0 bridgehead atoms. The summed E-state index contributed by atoms with van der Waals surface area (Å²) >= 11 is 7.64. The van der Waals surface area contributed by atoms with Crippen molar-refractivity contribution in [2.75, 3.05) is 13.6 Å². The average Bonchev–Trinajstić information content (AvgIpc) is 2.60. The number of halogens is 1. The zero-order chi connectivity index (χ0) is 20.0. The van der Waals surface area contributed by atoms with Crippen LogP contribution in [0.4, 0.5) is 4.79 Å². The van der Waals surface area contributed by atoms with Gasteiger partial charge in [-0.25, -0.2) is 4.79 Å². The largest absolute Gasteiger partial charge is 0.444 e. The van der Waals surface area contributed by atoms with Crippen molar-refractivity contribution in [2.24, 2.45) is 0 Å². The summed E-state index contributed by atoms with van der Waals surface area (Å²) in [5, 5.41) is 9.90. The molecule has 1 atom stereocenters. The first-order valence-corrected chi connectivity index (χ1v) is 9.81. The first-order chi connectivity index (χ1) is 12.7. The molecular formula is C21H23ClN2O2S. The molecule has 0 N–H and O–H groups in total. The number of carbonyl (C=O) groups excluding carboxylic acids is 1. The zero-order valence-corrected chi connectivity index (χ0v) is 17.5. The number of ether oxygens (including phenoxy) is 1. The number of amides is 1. The molecule has 0 aliphatic heterocycles. The van der Waals surface area contributed by atoms with E-state index in [-0.39, 0.29) is 11.3 Å². The predicted molar refractivity (Wildman–Crippen MR) is 110 cm³/mol. The summed E-state index contributed by atoms with van der Waals surface area (Å²) in [7, 11) is 1.72. The van der Waals surface area contributed by atoms with E-state index in [1.807, 2.05) is 51.1 Å². The topological polar surface area (TPSA) is 53.3 Å². The number of rotatable bonds is 5. The van der Waals surface area contributed by atoms with Crippen LogP contribution in [0.15, 0.2) is 53.4 Å². The maximum atomic E-state index is 12.4. The van der Waals surface area contributed by atoms with Crippen LogP contribution in [0.1, 0.15) is 37.1 Å². The number of hydrogen-bond acceptors (Lipinski definition) is 4. The Morgan fingerprint density at radius 3 is 2.52 bits per heavy atom. The highest BCUT2D eigenvalue weighted by Crippen LogP contribution is 2.38. The third-order valence-corrected chi connectivity index (χ3v) is 5.18. The van der Waals surface area contributed by atoms with E-state index in [0.717, 1.165) is 10.5 Å². The molecule has 0 radical (unpaired) electrons. The second-order valence-corrected chi connectivity index (χ2v) is 8.81. The van der Waals surface area contributed by atoms with E-state index < -0.39 is 5.60 Å². The van der Waals surface area contributed by atoms with Crippen LogP contribution in [0.3, 0.4) is 0 Å². The van der Waals surface area contributed by atoms with E-state index in [4.69, 9.17) is 16.3 Å². The molecule has 2 aromatic rings. The highest BCUT2D eigenvalue weighted by atomic mass is 35.5. The lowest BCUT2D eigenvalue weighted by Crippen LogP contribution is -2.36. The Kier molecular flexibility index (Phi) is 7.18. The fraction of sp³-hybridized carbons (Fsp3) is 0.333. The summed E-state index contributed by atoms with van der Waals surface area (Å²) in [5.74, 6) is 0. The van der Waals surface area contributed by atoms with Crippen molar-refractivity contribution in [3.63, 3.8) is 0 Å². The molecule has 2 aromatic carbocycles. The summed E-state index contributed by atoms with van der Waals surface area (Å²) < 4.78 is 5.45. The van der Waals surface area contributed by atoms with Crippen molar-refractivity contribution in [1.82, 2.24) is 4.90 Å². The molecule has 0 aromatic heterocycles. The Morgan fingerprint density at radius 2 is 1.93 bits per heavy atom. The van der Waals surface area contributed by atoms with Gasteiger partial charge >= 0.3 is 6.09 Å². The SMILES string of the molecule is CN(C[C@@H](Sc1cc(Cl)ccc1C#N)c1ccccc1)C(=O)OC(C)(C)C. The highest BCUT2D eigenvalue weighted by Gasteiger charge is 2.24. The lowest BCUT2D eigenvalue weighted by atomic mass is 10.1. The molecule has 0 heterocycles. The molecule has 4 nitrogen and oxygen atoms in total. The Labute approximate surface area is 170 Å². The number of thioether (sulfide) groups is 1. The van der Waals surface area contributed by atoms with Gasteiger partial charge in [0, 0.05) is 23.5 Å². The fourth-order valence-corrected chi connectivity index (χ4v) is 3.95. The predicted octanol–water partition coefficient (Wildman–Crippen LogP) is 5.91. The van der Waals surface area contributed by atoms with E-state index in [2.05, 4.69) is 6.07 Å². The van der Waals surface area contributed by atoms with Gasteiger partial charge in [0.2, 0.25) is 0 Å². The molecule has 6 heteroatoms. The monoisotopic (exact) mass is 402 g/mol. The summed E-state index contributed by atoms with van der Waals surface area (Å²) in [6, 6.07) is 17.3. The maximum absolute atomic E-state index is 12.4. The van der Waals surface area contributed by atoms with Crippen LogP contribution < -0.4 is 0 Å². The van der Waals surface area contributed by atoms with E-state index in [9.17, 15) is 10.1 Å². The third kappa shape index (κ3) is 6.50. The number of carbonyl (C=O) groups is 1. The van der Waals surface area contributed by atoms with E-state index in [0.29, 0.717) is 17.1 Å². The Balaban J connectivity index is 2.27. The summed E-state index contributed by atoms with van der Waals surface area (Å²) in [6.07, 6.45) is -0.379. The summed E-state index contributed by atoms with van der Waals surface area (Å²) in [4.78, 5) is 14.7. The minimum absolute atomic E-state index is 0.0747. The second-order valence-electron chi connectivity index (χ2n) is 7.13. The minimum atomic E-state index is -0.554. The lowest BCUT2D eigenvalue weighted by molar-refractivity contribution is 0.0299. The van der Waals surface area contributed by atoms with Crippen molar-refractivity contribution in [2.45, 2.75) is 36.5 Å². The first kappa shape index (κ1) is 21.1. The van der Waals surface area contributed by atoms with Crippen LogP contribution in [0.2, 0.25) is 5.02 Å². The van der Waals surface area contributed by atoms with Crippen molar-refractivity contribution in [3.05, 3.63) is 64.7 Å². The normalized spacial score (nSPS) is 12.1. The van der Waals surface area contributed by atoms with Gasteiger partial charge in [-0.1, -0.05) is 41.9 Å². The van der Waals surface area contributed by atoms with Crippen LogP contribution >= 0.6 is 23.4 Å². The van der Waals surface area contributed by atoms with Crippen LogP contribution in [-0.2, 0) is 4.74 Å². The molecule has 0 unspecified atom stereocenters. The van der Waals surface area contributed by atoms with Crippen molar-refractivity contribution >= 4 is 29.5 Å². The van der Waals surface area contributed by atoms with E-state index in [1.54, 1.807) is 30.1 Å². The van der Waals surface area contributed by atoms with Gasteiger partial charge in [-0.15, -0.1) is 11.8 Å². The second kappa shape index (κ2) is 9.16. The van der Waals surface area contributed by atoms with Crippen molar-refractivity contribution in [3.8, 4) is 6.07 Å². The Bertz CT molecular complexity index is 828. The van der Waals surface area contributed by atoms with Crippen LogP contribution in [-0.4, -0.2) is 30.2 Å². The van der Waals surface area contributed by atoms with Gasteiger partial charge in [0.25, 0.3) is 0 Å². The Morgan fingerprint density at radius 1 is 1.26 bits per heavy atom. The van der Waals surface area contributed by atoms with Gasteiger partial charge in [-0.3, -0.25) is 0 Å². The van der Waals surface area contributed by atoms with E-state index in [1.165, 1.54) is 11.8 Å². The number of nitrogens with zero attached hydrogens (tertiary/aromatic N) is 2. The van der Waals surface area contributed by atoms with Gasteiger partial charge in [-0.2, -0.15) is 5.26 Å². The fourth-order valence-electron chi connectivity index (χ4n) is 2.38. The van der Waals surface area contributed by atoms with Gasteiger partial charge in [0.05, 0.1) is 10.8 Å². The molecule has 142 valence electrons. The van der Waals surface area contributed by atoms with Crippen LogP contribution in [0.5, 0.6) is 0 Å². The molecular weight excluding hydrogens is 380 g/mol. The number of nitriles is 1. The van der Waals surface area contributed by atoms with E-state index >= 15 is 0 Å². The van der Waals surface area contributed by atoms with Crippen molar-refractivity contribution in [1.29, 1.82) is 5.26 Å². The maximum Gasteiger partial charge on any atom is 0.410 e. The third-order valence-electron chi connectivity index (χ3n) is 3.65. The van der Waals surface area contributed by atoms with Gasteiger partial charge in [0.15, 0.2) is 0 Å². The average molecular weight is 403 g/mol. The molecule has 0 saturated heterocycles. The quantitative estimate of drug-likeness (QED) is 0.583. The molecule has 27 heavy (non-hydrogen) atoms. The zero-order valence-electron chi connectivity index (χ0n) is 15.9. The molecule has 0 saturated carbocycles. The molecule has 0 aliphatic carbocycles. The summed E-state index contributed by atoms with van der Waals surface area (Å²) in [6.45, 7) is 5.95. The molecule has 1 amide bonds. The number of hydrogen-bond donors (Lipinski definition) is 0. The highest BCUT2D eigenvalue weighted by molar-refractivity contribution is 7.99. The lowest BCUT2D eigenvalue weighted by Gasteiger charge is -2.28. The van der Waals surface area contributed by atoms with Gasteiger partial charge in [0.1, 0.15) is 11.7 Å². The summed E-state index contributed by atoms with van der Waals surface area (Å²) in [5.41, 5.74) is 1.06. The van der Waals surface area contributed by atoms with Gasteiger partial charge < -0.3 is 9.64 Å². The number of likely N-dealkylation sites (N-methyl/N-ethyl adjacent to an activating group) is 1. The van der Waals surface area contributed by atoms with Crippen LogP contribution in [0.25, 0.3) is 0 Å². The first-order valence-electron chi connectivity index (χ1n) is 8.55. The molecule has 0 fully saturated rings. The number of benzene rings is 2. The molecule has 2 rings (SSSR count). The Hall–Kier alpha value is -2.16. The standard InChI is InChI=1S/C21H23ClN2O2S/c1-21(2,3)26-20(25)24(4)14-19(15-8-6-5-7-9-15)27-18-12-17(22)11-10-16(18)13-23/h5-12,19H,14H2,1-4H3/t19-/m1/s1. The molecule has 0 aliphatic rings. The van der Waals surface area contributed by atoms with Crippen molar-refractivity contribution < 1.29 is 9.53 Å². The van der Waals surface area contributed by atoms with Crippen LogP contribution in [0, 0.1) is 11.3 Å². The minimum Gasteiger partial charge on any atom is -0.444 e. The molecule has 0 spiro atoms.